The fourth-order valence-electron chi connectivity index (χ4n) is 1.03. The zero-order valence-electron chi connectivity index (χ0n) is 8.66. The number of ether oxygens (including phenoxy) is 2. The van der Waals surface area contributed by atoms with Gasteiger partial charge in [-0.3, -0.25) is 9.59 Å². The normalized spacial score (nSPS) is 14.1. The van der Waals surface area contributed by atoms with Gasteiger partial charge in [-0.2, -0.15) is 0 Å². The Labute approximate surface area is 98.8 Å². The van der Waals surface area contributed by atoms with Crippen LogP contribution in [-0.2, 0) is 19.1 Å². The molecule has 0 amide bonds. The Morgan fingerprint density at radius 2 is 1.60 bits per heavy atom. The predicted octanol–water partition coefficient (Wildman–Crippen LogP) is 1.72. The fourth-order valence-corrected chi connectivity index (χ4v) is 1.15. The molecule has 0 saturated carbocycles. The Bertz CT molecular complexity index is 220. The zero-order valence-corrected chi connectivity index (χ0v) is 10.2. The third kappa shape index (κ3) is 5.85. The maximum atomic E-state index is 10.9. The van der Waals surface area contributed by atoms with Crippen molar-refractivity contribution in [1.82, 2.24) is 0 Å². The average Bonchev–Trinajstić information content (AvgIpc) is 2.24. The largest absolute Gasteiger partial charge is 0.458 e. The van der Waals surface area contributed by atoms with Gasteiger partial charge in [0.25, 0.3) is 0 Å². The van der Waals surface area contributed by atoms with Crippen LogP contribution in [0.4, 0.5) is 0 Å². The number of hydrogen-bond acceptors (Lipinski definition) is 4. The van der Waals surface area contributed by atoms with E-state index < -0.39 is 24.1 Å². The SMILES string of the molecule is CCC(OC(=O)CCl)C(C)OC(=O)CCl. The zero-order chi connectivity index (χ0) is 11.8. The highest BCUT2D eigenvalue weighted by molar-refractivity contribution is 6.26. The van der Waals surface area contributed by atoms with Crippen molar-refractivity contribution in [2.45, 2.75) is 32.5 Å². The molecule has 0 aliphatic heterocycles. The van der Waals surface area contributed by atoms with Gasteiger partial charge in [0.2, 0.25) is 0 Å². The molecule has 0 rings (SSSR count). The summed E-state index contributed by atoms with van der Waals surface area (Å²) in [5.41, 5.74) is 0. The standard InChI is InChI=1S/C9H14Cl2O4/c1-3-7(15-9(13)5-11)6(2)14-8(12)4-10/h6-7H,3-5H2,1-2H3. The highest BCUT2D eigenvalue weighted by atomic mass is 35.5. The van der Waals surface area contributed by atoms with Gasteiger partial charge in [0, 0.05) is 0 Å². The van der Waals surface area contributed by atoms with Gasteiger partial charge < -0.3 is 9.47 Å². The Morgan fingerprint density at radius 1 is 1.13 bits per heavy atom. The summed E-state index contributed by atoms with van der Waals surface area (Å²) in [7, 11) is 0. The van der Waals surface area contributed by atoms with Crippen molar-refractivity contribution in [1.29, 1.82) is 0 Å². The summed E-state index contributed by atoms with van der Waals surface area (Å²) in [5.74, 6) is -1.50. The molecule has 0 saturated heterocycles. The first-order valence-electron chi connectivity index (χ1n) is 4.56. The number of hydrogen-bond donors (Lipinski definition) is 0. The van der Waals surface area contributed by atoms with E-state index in [0.29, 0.717) is 6.42 Å². The minimum atomic E-state index is -0.537. The maximum absolute atomic E-state index is 10.9. The molecule has 0 fully saturated rings. The molecule has 0 spiro atoms. The van der Waals surface area contributed by atoms with Crippen molar-refractivity contribution in [3.8, 4) is 0 Å². The fraction of sp³-hybridized carbons (Fsp3) is 0.778. The third-order valence-corrected chi connectivity index (χ3v) is 2.18. The molecule has 6 heteroatoms. The summed E-state index contributed by atoms with van der Waals surface area (Å²) < 4.78 is 9.87. The molecule has 0 aliphatic rings. The molecular formula is C9H14Cl2O4. The monoisotopic (exact) mass is 256 g/mol. The van der Waals surface area contributed by atoms with E-state index in [0.717, 1.165) is 0 Å². The molecule has 2 atom stereocenters. The number of esters is 2. The summed E-state index contributed by atoms with van der Waals surface area (Å²) in [6.45, 7) is 3.46. The van der Waals surface area contributed by atoms with E-state index >= 15 is 0 Å². The van der Waals surface area contributed by atoms with E-state index in [-0.39, 0.29) is 11.8 Å². The maximum Gasteiger partial charge on any atom is 0.321 e. The molecular weight excluding hydrogens is 243 g/mol. The Hall–Kier alpha value is -0.480. The van der Waals surface area contributed by atoms with E-state index in [1.807, 2.05) is 6.92 Å². The summed E-state index contributed by atoms with van der Waals surface area (Å²) in [6, 6.07) is 0. The molecule has 0 aromatic carbocycles. The molecule has 0 aromatic heterocycles. The molecule has 15 heavy (non-hydrogen) atoms. The average molecular weight is 257 g/mol. The minimum absolute atomic E-state index is 0.216. The third-order valence-electron chi connectivity index (χ3n) is 1.74. The first kappa shape index (κ1) is 14.5. The Morgan fingerprint density at radius 3 is 2.00 bits per heavy atom. The molecule has 0 radical (unpaired) electrons. The number of alkyl halides is 2. The predicted molar refractivity (Wildman–Crippen MR) is 57.2 cm³/mol. The second-order valence-corrected chi connectivity index (χ2v) is 3.43. The van der Waals surface area contributed by atoms with Crippen molar-refractivity contribution >= 4 is 35.1 Å². The summed E-state index contributed by atoms with van der Waals surface area (Å²) >= 11 is 10.6. The van der Waals surface area contributed by atoms with Crippen LogP contribution in [0, 0.1) is 0 Å². The lowest BCUT2D eigenvalue weighted by Crippen LogP contribution is -2.33. The number of carbonyl (C=O) groups excluding carboxylic acids is 2. The van der Waals surface area contributed by atoms with Crippen LogP contribution in [0.2, 0.25) is 0 Å². The molecule has 2 unspecified atom stereocenters. The van der Waals surface area contributed by atoms with Gasteiger partial charge in [0.1, 0.15) is 24.0 Å². The lowest BCUT2D eigenvalue weighted by molar-refractivity contribution is -0.163. The highest BCUT2D eigenvalue weighted by Gasteiger charge is 2.22. The van der Waals surface area contributed by atoms with Gasteiger partial charge in [-0.15, -0.1) is 23.2 Å². The molecule has 0 N–H and O–H groups in total. The minimum Gasteiger partial charge on any atom is -0.458 e. The van der Waals surface area contributed by atoms with Gasteiger partial charge in [-0.1, -0.05) is 6.92 Å². The van der Waals surface area contributed by atoms with Crippen LogP contribution < -0.4 is 0 Å². The molecule has 0 aliphatic carbocycles. The first-order chi connectivity index (χ1) is 7.04. The molecule has 0 bridgehead atoms. The van der Waals surface area contributed by atoms with Gasteiger partial charge in [-0.05, 0) is 13.3 Å². The lowest BCUT2D eigenvalue weighted by Gasteiger charge is -2.22. The lowest BCUT2D eigenvalue weighted by atomic mass is 10.2. The number of carbonyl (C=O) groups is 2. The molecule has 0 aromatic rings. The Balaban J connectivity index is 4.15. The smallest absolute Gasteiger partial charge is 0.321 e. The van der Waals surface area contributed by atoms with Gasteiger partial charge in [0.05, 0.1) is 0 Å². The molecule has 0 heterocycles. The van der Waals surface area contributed by atoms with Crippen molar-refractivity contribution in [3.63, 3.8) is 0 Å². The first-order valence-corrected chi connectivity index (χ1v) is 5.62. The quantitative estimate of drug-likeness (QED) is 0.537. The van der Waals surface area contributed by atoms with E-state index in [1.165, 1.54) is 0 Å². The van der Waals surface area contributed by atoms with E-state index in [4.69, 9.17) is 32.7 Å². The van der Waals surface area contributed by atoms with Crippen LogP contribution in [0.3, 0.4) is 0 Å². The van der Waals surface area contributed by atoms with Gasteiger partial charge in [0.15, 0.2) is 0 Å². The van der Waals surface area contributed by atoms with Crippen molar-refractivity contribution in [3.05, 3.63) is 0 Å². The summed E-state index contributed by atoms with van der Waals surface area (Å²) in [4.78, 5) is 21.8. The second-order valence-electron chi connectivity index (χ2n) is 2.90. The van der Waals surface area contributed by atoms with Crippen molar-refractivity contribution < 1.29 is 19.1 Å². The van der Waals surface area contributed by atoms with E-state index in [1.54, 1.807) is 6.92 Å². The molecule has 88 valence electrons. The summed E-state index contributed by atoms with van der Waals surface area (Å²) in [5, 5.41) is 0. The number of halogens is 2. The van der Waals surface area contributed by atoms with Crippen LogP contribution >= 0.6 is 23.2 Å². The van der Waals surface area contributed by atoms with Gasteiger partial charge >= 0.3 is 11.9 Å². The van der Waals surface area contributed by atoms with Gasteiger partial charge in [-0.25, -0.2) is 0 Å². The molecule has 4 nitrogen and oxygen atoms in total. The van der Waals surface area contributed by atoms with E-state index in [9.17, 15) is 9.59 Å². The van der Waals surface area contributed by atoms with Crippen LogP contribution in [0.5, 0.6) is 0 Å². The highest BCUT2D eigenvalue weighted by Crippen LogP contribution is 2.09. The van der Waals surface area contributed by atoms with Crippen LogP contribution in [0.15, 0.2) is 0 Å². The topological polar surface area (TPSA) is 52.6 Å². The second kappa shape index (κ2) is 7.77. The Kier molecular flexibility index (Phi) is 7.52. The van der Waals surface area contributed by atoms with Crippen LogP contribution in [-0.4, -0.2) is 35.9 Å². The van der Waals surface area contributed by atoms with Crippen molar-refractivity contribution in [2.75, 3.05) is 11.8 Å². The van der Waals surface area contributed by atoms with E-state index in [2.05, 4.69) is 0 Å². The number of rotatable bonds is 6. The van der Waals surface area contributed by atoms with Crippen LogP contribution in [0.25, 0.3) is 0 Å². The van der Waals surface area contributed by atoms with Crippen LogP contribution in [0.1, 0.15) is 20.3 Å². The van der Waals surface area contributed by atoms with Crippen molar-refractivity contribution in [2.24, 2.45) is 0 Å². The summed E-state index contributed by atoms with van der Waals surface area (Å²) in [6.07, 6.45) is -0.462.